The van der Waals surface area contributed by atoms with Gasteiger partial charge in [-0.2, -0.15) is 0 Å². The maximum Gasteiger partial charge on any atom is 0.243 e. The number of nitrogens with zero attached hydrogens (tertiary/aromatic N) is 2. The number of rotatable bonds is 6. The first-order valence-electron chi connectivity index (χ1n) is 9.26. The Balaban J connectivity index is 2.10. The van der Waals surface area contributed by atoms with Gasteiger partial charge < -0.3 is 15.5 Å². The van der Waals surface area contributed by atoms with Gasteiger partial charge in [0, 0.05) is 32.6 Å². The Bertz CT molecular complexity index is 603. The third kappa shape index (κ3) is 5.21. The van der Waals surface area contributed by atoms with Gasteiger partial charge in [0.25, 0.3) is 0 Å². The van der Waals surface area contributed by atoms with Crippen LogP contribution in [0.2, 0.25) is 0 Å². The number of hydrogen-bond acceptors (Lipinski definition) is 2. The van der Waals surface area contributed by atoms with Crippen LogP contribution in [0.3, 0.4) is 0 Å². The van der Waals surface area contributed by atoms with Gasteiger partial charge in [-0.15, -0.1) is 0 Å². The molecule has 0 saturated heterocycles. The molecule has 25 heavy (non-hydrogen) atoms. The monoisotopic (exact) mass is 344 g/mol. The third-order valence-corrected chi connectivity index (χ3v) is 5.00. The van der Waals surface area contributed by atoms with Gasteiger partial charge in [0.15, 0.2) is 5.96 Å². The molecule has 0 aliphatic heterocycles. The second-order valence-corrected chi connectivity index (χ2v) is 7.19. The minimum absolute atomic E-state index is 0.00599. The molecule has 0 atom stereocenters. The summed E-state index contributed by atoms with van der Waals surface area (Å²) in [5.74, 6) is 0.725. The van der Waals surface area contributed by atoms with E-state index in [1.165, 1.54) is 36.8 Å². The van der Waals surface area contributed by atoms with Gasteiger partial charge in [0.2, 0.25) is 5.91 Å². The molecule has 0 radical (unpaired) electrons. The fourth-order valence-electron chi connectivity index (χ4n) is 3.48. The van der Waals surface area contributed by atoms with Crippen molar-refractivity contribution in [2.24, 2.45) is 4.99 Å². The van der Waals surface area contributed by atoms with Crippen molar-refractivity contribution in [2.45, 2.75) is 44.9 Å². The van der Waals surface area contributed by atoms with Crippen LogP contribution in [-0.4, -0.2) is 50.5 Å². The van der Waals surface area contributed by atoms with E-state index in [2.05, 4.69) is 46.8 Å². The second kappa shape index (κ2) is 8.88. The fraction of sp³-hybridized carbons (Fsp3) is 0.600. The van der Waals surface area contributed by atoms with Crippen molar-refractivity contribution in [1.29, 1.82) is 0 Å². The summed E-state index contributed by atoms with van der Waals surface area (Å²) in [4.78, 5) is 17.8. The average Bonchev–Trinajstić information content (AvgIpc) is 3.07. The summed E-state index contributed by atoms with van der Waals surface area (Å²) in [6, 6.07) is 8.87. The van der Waals surface area contributed by atoms with Crippen LogP contribution in [0.1, 0.15) is 43.7 Å². The van der Waals surface area contributed by atoms with Gasteiger partial charge in [-0.3, -0.25) is 4.79 Å². The molecule has 1 aromatic rings. The number of likely N-dealkylation sites (N-methyl/N-ethyl adjacent to an activating group) is 1. The van der Waals surface area contributed by atoms with Crippen molar-refractivity contribution in [2.75, 3.05) is 33.7 Å². The Morgan fingerprint density at radius 2 is 1.96 bits per heavy atom. The number of amides is 1. The molecule has 5 heteroatoms. The number of nitrogens with one attached hydrogen (secondary N) is 2. The Kier molecular flexibility index (Phi) is 6.85. The highest BCUT2D eigenvalue weighted by Gasteiger charge is 2.35. The highest BCUT2D eigenvalue weighted by molar-refractivity contribution is 5.84. The van der Waals surface area contributed by atoms with Crippen molar-refractivity contribution in [3.8, 4) is 0 Å². The van der Waals surface area contributed by atoms with Gasteiger partial charge in [0.1, 0.15) is 6.54 Å². The first kappa shape index (κ1) is 19.3. The van der Waals surface area contributed by atoms with Gasteiger partial charge in [-0.25, -0.2) is 4.99 Å². The van der Waals surface area contributed by atoms with Crippen LogP contribution < -0.4 is 10.6 Å². The molecule has 1 saturated carbocycles. The molecule has 0 spiro atoms. The van der Waals surface area contributed by atoms with Crippen LogP contribution >= 0.6 is 0 Å². The van der Waals surface area contributed by atoms with Gasteiger partial charge in [0.05, 0.1) is 0 Å². The predicted octanol–water partition coefficient (Wildman–Crippen LogP) is 2.45. The van der Waals surface area contributed by atoms with Crippen LogP contribution in [0.4, 0.5) is 0 Å². The third-order valence-electron chi connectivity index (χ3n) is 5.00. The average molecular weight is 345 g/mol. The minimum Gasteiger partial charge on any atom is -0.357 e. The quantitative estimate of drug-likeness (QED) is 0.616. The van der Waals surface area contributed by atoms with E-state index in [-0.39, 0.29) is 17.9 Å². The summed E-state index contributed by atoms with van der Waals surface area (Å²) in [5.41, 5.74) is 2.88. The molecular formula is C20H32N4O. The lowest BCUT2D eigenvalue weighted by atomic mass is 9.78. The topological polar surface area (TPSA) is 56.7 Å². The molecule has 1 amide bonds. The fourth-order valence-corrected chi connectivity index (χ4v) is 3.48. The molecule has 0 bridgehead atoms. The molecule has 0 aromatic heterocycles. The first-order valence-corrected chi connectivity index (χ1v) is 9.26. The Labute approximate surface area is 151 Å². The molecule has 1 aromatic carbocycles. The van der Waals surface area contributed by atoms with E-state index in [1.807, 2.05) is 6.92 Å². The number of aliphatic imine (C=N–C) groups is 1. The van der Waals surface area contributed by atoms with Crippen LogP contribution in [0.25, 0.3) is 0 Å². The number of carbonyl (C=O) groups is 1. The van der Waals surface area contributed by atoms with Crippen molar-refractivity contribution in [3.63, 3.8) is 0 Å². The SMILES string of the molecule is CCNC(=NCC(=O)N(C)C)NCC1(c2cccc(C)c2)CCCC1. The molecule has 5 nitrogen and oxygen atoms in total. The van der Waals surface area contributed by atoms with Crippen LogP contribution in [0.15, 0.2) is 29.3 Å². The lowest BCUT2D eigenvalue weighted by molar-refractivity contribution is -0.127. The van der Waals surface area contributed by atoms with Gasteiger partial charge in [-0.05, 0) is 32.3 Å². The lowest BCUT2D eigenvalue weighted by Crippen LogP contribution is -2.45. The number of benzene rings is 1. The standard InChI is InChI=1S/C20H32N4O/c1-5-21-19(22-14-18(25)24(3)4)23-15-20(11-6-7-12-20)17-10-8-9-16(2)13-17/h8-10,13H,5-7,11-12,14-15H2,1-4H3,(H2,21,22,23). The predicted molar refractivity (Wildman–Crippen MR) is 104 cm³/mol. The Morgan fingerprint density at radius 1 is 1.24 bits per heavy atom. The number of aryl methyl sites for hydroxylation is 1. The van der Waals surface area contributed by atoms with E-state index < -0.39 is 0 Å². The Hall–Kier alpha value is -2.04. The number of hydrogen-bond donors (Lipinski definition) is 2. The zero-order chi connectivity index (χ0) is 18.3. The minimum atomic E-state index is 0.00599. The van der Waals surface area contributed by atoms with Crippen LogP contribution in [0, 0.1) is 6.92 Å². The highest BCUT2D eigenvalue weighted by Crippen LogP contribution is 2.40. The lowest BCUT2D eigenvalue weighted by Gasteiger charge is -2.31. The molecule has 1 fully saturated rings. The first-order chi connectivity index (χ1) is 12.0. The van der Waals surface area contributed by atoms with E-state index in [9.17, 15) is 4.79 Å². The van der Waals surface area contributed by atoms with E-state index in [0.29, 0.717) is 0 Å². The normalized spacial score (nSPS) is 16.6. The maximum atomic E-state index is 11.8. The molecule has 2 rings (SSSR count). The van der Waals surface area contributed by atoms with E-state index in [4.69, 9.17) is 0 Å². The van der Waals surface area contributed by atoms with Crippen molar-refractivity contribution in [3.05, 3.63) is 35.4 Å². The summed E-state index contributed by atoms with van der Waals surface area (Å²) < 4.78 is 0. The summed E-state index contributed by atoms with van der Waals surface area (Å²) >= 11 is 0. The smallest absolute Gasteiger partial charge is 0.243 e. The zero-order valence-electron chi connectivity index (χ0n) is 16.1. The van der Waals surface area contributed by atoms with Crippen LogP contribution in [0.5, 0.6) is 0 Å². The summed E-state index contributed by atoms with van der Waals surface area (Å²) in [5, 5.41) is 6.73. The van der Waals surface area contributed by atoms with E-state index in [0.717, 1.165) is 19.0 Å². The molecule has 0 unspecified atom stereocenters. The summed E-state index contributed by atoms with van der Waals surface area (Å²) in [7, 11) is 3.51. The van der Waals surface area contributed by atoms with Crippen molar-refractivity contribution < 1.29 is 4.79 Å². The second-order valence-electron chi connectivity index (χ2n) is 7.19. The van der Waals surface area contributed by atoms with Gasteiger partial charge in [-0.1, -0.05) is 42.7 Å². The molecule has 138 valence electrons. The van der Waals surface area contributed by atoms with Gasteiger partial charge >= 0.3 is 0 Å². The van der Waals surface area contributed by atoms with Crippen molar-refractivity contribution >= 4 is 11.9 Å². The summed E-state index contributed by atoms with van der Waals surface area (Å²) in [6.45, 7) is 5.98. The molecule has 1 aliphatic rings. The van der Waals surface area contributed by atoms with E-state index >= 15 is 0 Å². The molecule has 0 heterocycles. The van der Waals surface area contributed by atoms with E-state index in [1.54, 1.807) is 19.0 Å². The summed E-state index contributed by atoms with van der Waals surface area (Å²) in [6.07, 6.45) is 4.92. The largest absolute Gasteiger partial charge is 0.357 e. The molecule has 2 N–H and O–H groups in total. The maximum absolute atomic E-state index is 11.8. The highest BCUT2D eigenvalue weighted by atomic mass is 16.2. The molecule has 1 aliphatic carbocycles. The van der Waals surface area contributed by atoms with Crippen molar-refractivity contribution in [1.82, 2.24) is 15.5 Å². The van der Waals surface area contributed by atoms with Crippen LogP contribution in [-0.2, 0) is 10.2 Å². The number of carbonyl (C=O) groups excluding carboxylic acids is 1. The Morgan fingerprint density at radius 3 is 2.56 bits per heavy atom. The number of guanidine groups is 1. The molecular weight excluding hydrogens is 312 g/mol. The zero-order valence-corrected chi connectivity index (χ0v) is 16.1.